The summed E-state index contributed by atoms with van der Waals surface area (Å²) in [7, 11) is 1.94. The van der Waals surface area contributed by atoms with E-state index in [-0.39, 0.29) is 12.1 Å². The Morgan fingerprint density at radius 3 is 2.63 bits per heavy atom. The molecule has 0 aliphatic heterocycles. The number of amides is 2. The first-order chi connectivity index (χ1) is 13.2. The van der Waals surface area contributed by atoms with Crippen LogP contribution in [-0.2, 0) is 20.1 Å². The maximum Gasteiger partial charge on any atom is 0.318 e. The highest BCUT2D eigenvalue weighted by molar-refractivity contribution is 5.74. The van der Waals surface area contributed by atoms with Crippen molar-refractivity contribution in [3.05, 3.63) is 72.6 Å². The Balaban J connectivity index is 1.75. The van der Waals surface area contributed by atoms with Crippen molar-refractivity contribution in [3.8, 4) is 0 Å². The highest BCUT2D eigenvalue weighted by atomic mass is 16.2. The molecular formula is C20H26N6O. The van der Waals surface area contributed by atoms with Crippen LogP contribution in [0.5, 0.6) is 0 Å². The van der Waals surface area contributed by atoms with Crippen molar-refractivity contribution in [3.63, 3.8) is 0 Å². The van der Waals surface area contributed by atoms with E-state index in [1.807, 2.05) is 65.1 Å². The highest BCUT2D eigenvalue weighted by Crippen LogP contribution is 2.16. The second kappa shape index (κ2) is 9.02. The van der Waals surface area contributed by atoms with Crippen molar-refractivity contribution >= 4 is 6.03 Å². The SMILES string of the molecule is CCCN(Cc1nccn1C)C(=O)N[C@H](Cn1cccn1)c1ccccc1. The molecule has 2 heterocycles. The standard InChI is InChI=1S/C20H26N6O/c1-3-12-25(16-19-21-11-14-24(19)2)20(27)23-18(15-26-13-7-10-22-26)17-8-5-4-6-9-17/h4-11,13-14,18H,3,12,15-16H2,1-2H3,(H,23,27)/t18-/m1/s1. The summed E-state index contributed by atoms with van der Waals surface area (Å²) in [5.41, 5.74) is 1.05. The largest absolute Gasteiger partial charge is 0.337 e. The van der Waals surface area contributed by atoms with E-state index in [2.05, 4.69) is 22.3 Å². The number of carbonyl (C=O) groups is 1. The molecule has 3 aromatic rings. The number of benzene rings is 1. The molecule has 2 amide bonds. The summed E-state index contributed by atoms with van der Waals surface area (Å²) in [5.74, 6) is 0.863. The van der Waals surface area contributed by atoms with Crippen molar-refractivity contribution < 1.29 is 4.79 Å². The van der Waals surface area contributed by atoms with Gasteiger partial charge in [-0.05, 0) is 18.1 Å². The molecule has 27 heavy (non-hydrogen) atoms. The number of imidazole rings is 1. The molecular weight excluding hydrogens is 340 g/mol. The fourth-order valence-electron chi connectivity index (χ4n) is 3.00. The third-order valence-electron chi connectivity index (χ3n) is 4.46. The molecule has 7 heteroatoms. The van der Waals surface area contributed by atoms with Crippen molar-refractivity contribution in [1.29, 1.82) is 0 Å². The van der Waals surface area contributed by atoms with Gasteiger partial charge in [-0.3, -0.25) is 4.68 Å². The van der Waals surface area contributed by atoms with E-state index in [1.165, 1.54) is 0 Å². The lowest BCUT2D eigenvalue weighted by molar-refractivity contribution is 0.187. The summed E-state index contributed by atoms with van der Waals surface area (Å²) in [6.45, 7) is 3.79. The van der Waals surface area contributed by atoms with Crippen molar-refractivity contribution in [2.24, 2.45) is 7.05 Å². The van der Waals surface area contributed by atoms with Crippen LogP contribution < -0.4 is 5.32 Å². The van der Waals surface area contributed by atoms with E-state index in [1.54, 1.807) is 17.3 Å². The second-order valence-corrected chi connectivity index (χ2v) is 6.52. The van der Waals surface area contributed by atoms with Crippen molar-refractivity contribution in [2.45, 2.75) is 32.5 Å². The lowest BCUT2D eigenvalue weighted by atomic mass is 10.1. The van der Waals surface area contributed by atoms with Gasteiger partial charge in [-0.2, -0.15) is 5.10 Å². The fourth-order valence-corrected chi connectivity index (χ4v) is 3.00. The van der Waals surface area contributed by atoms with Gasteiger partial charge in [0, 0.05) is 38.4 Å². The van der Waals surface area contributed by atoms with Gasteiger partial charge < -0.3 is 14.8 Å². The summed E-state index contributed by atoms with van der Waals surface area (Å²) in [4.78, 5) is 19.2. The van der Waals surface area contributed by atoms with E-state index >= 15 is 0 Å². The average molecular weight is 366 g/mol. The topological polar surface area (TPSA) is 68.0 Å². The highest BCUT2D eigenvalue weighted by Gasteiger charge is 2.21. The Morgan fingerprint density at radius 2 is 2.00 bits per heavy atom. The van der Waals surface area contributed by atoms with Crippen LogP contribution in [0.25, 0.3) is 0 Å². The minimum Gasteiger partial charge on any atom is -0.337 e. The Labute approximate surface area is 159 Å². The van der Waals surface area contributed by atoms with Gasteiger partial charge in [0.25, 0.3) is 0 Å². The van der Waals surface area contributed by atoms with Gasteiger partial charge in [0.2, 0.25) is 0 Å². The zero-order chi connectivity index (χ0) is 19.1. The van der Waals surface area contributed by atoms with Gasteiger partial charge in [0.15, 0.2) is 0 Å². The van der Waals surface area contributed by atoms with Crippen LogP contribution in [-0.4, -0.2) is 36.8 Å². The molecule has 0 bridgehead atoms. The minimum absolute atomic E-state index is 0.0964. The van der Waals surface area contributed by atoms with Crippen LogP contribution in [0.2, 0.25) is 0 Å². The number of urea groups is 1. The molecule has 1 N–H and O–H groups in total. The third kappa shape index (κ3) is 4.97. The number of hydrogen-bond acceptors (Lipinski definition) is 3. The fraction of sp³-hybridized carbons (Fsp3) is 0.350. The summed E-state index contributed by atoms with van der Waals surface area (Å²) in [6.07, 6.45) is 8.17. The number of hydrogen-bond donors (Lipinski definition) is 1. The zero-order valence-electron chi connectivity index (χ0n) is 15.8. The van der Waals surface area contributed by atoms with Crippen LogP contribution in [0, 0.1) is 0 Å². The van der Waals surface area contributed by atoms with Crippen LogP contribution >= 0.6 is 0 Å². The van der Waals surface area contributed by atoms with Crippen molar-refractivity contribution in [2.75, 3.05) is 6.54 Å². The Morgan fingerprint density at radius 1 is 1.19 bits per heavy atom. The van der Waals surface area contributed by atoms with Gasteiger partial charge in [-0.15, -0.1) is 0 Å². The van der Waals surface area contributed by atoms with Gasteiger partial charge >= 0.3 is 6.03 Å². The van der Waals surface area contributed by atoms with Crippen LogP contribution in [0.15, 0.2) is 61.2 Å². The third-order valence-corrected chi connectivity index (χ3v) is 4.46. The van der Waals surface area contributed by atoms with Gasteiger partial charge in [-0.25, -0.2) is 9.78 Å². The summed E-state index contributed by atoms with van der Waals surface area (Å²) >= 11 is 0. The molecule has 142 valence electrons. The first kappa shape index (κ1) is 18.7. The van der Waals surface area contributed by atoms with E-state index in [0.717, 1.165) is 17.8 Å². The molecule has 0 fully saturated rings. The van der Waals surface area contributed by atoms with Crippen LogP contribution in [0.1, 0.15) is 30.8 Å². The van der Waals surface area contributed by atoms with Gasteiger partial charge in [-0.1, -0.05) is 37.3 Å². The Hall–Kier alpha value is -3.09. The maximum atomic E-state index is 13.0. The van der Waals surface area contributed by atoms with Crippen LogP contribution in [0.4, 0.5) is 4.79 Å². The predicted octanol–water partition coefficient (Wildman–Crippen LogP) is 2.98. The summed E-state index contributed by atoms with van der Waals surface area (Å²) in [5, 5.41) is 7.46. The van der Waals surface area contributed by atoms with Crippen molar-refractivity contribution in [1.82, 2.24) is 29.5 Å². The number of rotatable bonds is 8. The molecule has 0 unspecified atom stereocenters. The quantitative estimate of drug-likeness (QED) is 0.666. The average Bonchev–Trinajstić information content (AvgIpc) is 3.33. The first-order valence-corrected chi connectivity index (χ1v) is 9.21. The first-order valence-electron chi connectivity index (χ1n) is 9.21. The minimum atomic E-state index is -0.167. The molecule has 0 spiro atoms. The molecule has 0 saturated carbocycles. The van der Waals surface area contributed by atoms with Crippen LogP contribution in [0.3, 0.4) is 0 Å². The number of nitrogens with one attached hydrogen (secondary N) is 1. The lowest BCUT2D eigenvalue weighted by Crippen LogP contribution is -2.43. The van der Waals surface area contributed by atoms with Gasteiger partial charge in [0.1, 0.15) is 5.82 Å². The molecule has 1 atom stereocenters. The summed E-state index contributed by atoms with van der Waals surface area (Å²) in [6, 6.07) is 11.6. The zero-order valence-corrected chi connectivity index (χ0v) is 15.8. The van der Waals surface area contributed by atoms with E-state index in [9.17, 15) is 4.79 Å². The van der Waals surface area contributed by atoms with E-state index < -0.39 is 0 Å². The molecule has 3 rings (SSSR count). The number of carbonyl (C=O) groups excluding carboxylic acids is 1. The van der Waals surface area contributed by atoms with E-state index in [4.69, 9.17) is 0 Å². The second-order valence-electron chi connectivity index (χ2n) is 6.52. The Bertz CT molecular complexity index is 827. The smallest absolute Gasteiger partial charge is 0.318 e. The predicted molar refractivity (Wildman–Crippen MR) is 104 cm³/mol. The number of aromatic nitrogens is 4. The monoisotopic (exact) mass is 366 g/mol. The molecule has 2 aromatic heterocycles. The molecule has 0 saturated heterocycles. The lowest BCUT2D eigenvalue weighted by Gasteiger charge is -2.26. The number of aryl methyl sites for hydroxylation is 1. The molecule has 0 aliphatic carbocycles. The normalized spacial score (nSPS) is 11.9. The Kier molecular flexibility index (Phi) is 6.25. The molecule has 0 aliphatic rings. The summed E-state index contributed by atoms with van der Waals surface area (Å²) < 4.78 is 3.77. The maximum absolute atomic E-state index is 13.0. The van der Waals surface area contributed by atoms with Gasteiger partial charge in [0.05, 0.1) is 19.1 Å². The number of nitrogens with zero attached hydrogens (tertiary/aromatic N) is 5. The molecule has 7 nitrogen and oxygen atoms in total. The molecule has 1 aromatic carbocycles. The molecule has 0 radical (unpaired) electrons. The van der Waals surface area contributed by atoms with E-state index in [0.29, 0.717) is 19.6 Å².